The van der Waals surface area contributed by atoms with Gasteiger partial charge in [0.2, 0.25) is 0 Å². The molecule has 9 heteroatoms. The molecule has 0 radical (unpaired) electrons. The van der Waals surface area contributed by atoms with Crippen LogP contribution in [0.5, 0.6) is 5.75 Å². The Morgan fingerprint density at radius 1 is 1.21 bits per heavy atom. The van der Waals surface area contributed by atoms with Crippen LogP contribution in [-0.4, -0.2) is 14.8 Å². The molecular weight excluding hydrogens is 439 g/mol. The Morgan fingerprint density at radius 3 is 2.59 bits per heavy atom. The molecular formula is C20H17Cl2F2N3OS. The van der Waals surface area contributed by atoms with E-state index in [1.54, 1.807) is 31.2 Å². The normalized spacial score (nSPS) is 12.0. The Bertz CT molecular complexity index is 1010. The molecule has 0 fully saturated rings. The smallest absolute Gasteiger partial charge is 0.191 e. The third kappa shape index (κ3) is 5.10. The molecule has 4 nitrogen and oxygen atoms in total. The highest BCUT2D eigenvalue weighted by Crippen LogP contribution is 2.32. The second-order valence-corrected chi connectivity index (χ2v) is 7.82. The Labute approximate surface area is 181 Å². The molecule has 2 aromatic carbocycles. The molecule has 0 spiro atoms. The number of allylic oxidation sites excluding steroid dienone is 1. The fourth-order valence-corrected chi connectivity index (χ4v) is 4.33. The Hall–Kier alpha value is -2.09. The van der Waals surface area contributed by atoms with Crippen molar-refractivity contribution in [3.05, 3.63) is 82.1 Å². The molecule has 0 saturated carbocycles. The predicted molar refractivity (Wildman–Crippen MR) is 112 cm³/mol. The second kappa shape index (κ2) is 9.61. The Kier molecular flexibility index (Phi) is 7.16. The van der Waals surface area contributed by atoms with Gasteiger partial charge < -0.3 is 4.74 Å². The average molecular weight is 456 g/mol. The summed E-state index contributed by atoms with van der Waals surface area (Å²) in [4.78, 5) is 0. The zero-order valence-corrected chi connectivity index (χ0v) is 17.7. The van der Waals surface area contributed by atoms with Crippen LogP contribution in [0.15, 0.2) is 54.2 Å². The standard InChI is InChI=1S/C20H17Cl2F2N3OS/c1-3-9-27-19(12(2)28-18-8-7-13(23)10-17(18)24)25-26-20(27)29-11-14-15(21)5-4-6-16(14)22/h3-8,10,12H,1,9,11H2,2H3. The molecule has 3 aromatic rings. The van der Waals surface area contributed by atoms with Gasteiger partial charge in [-0.2, -0.15) is 0 Å². The molecule has 1 unspecified atom stereocenters. The molecule has 0 aliphatic rings. The van der Waals surface area contributed by atoms with Crippen LogP contribution in [0.3, 0.4) is 0 Å². The van der Waals surface area contributed by atoms with E-state index in [-0.39, 0.29) is 5.75 Å². The number of aromatic nitrogens is 3. The highest BCUT2D eigenvalue weighted by atomic mass is 35.5. The fourth-order valence-electron chi connectivity index (χ4n) is 2.63. The summed E-state index contributed by atoms with van der Waals surface area (Å²) in [5.74, 6) is -0.537. The maximum atomic E-state index is 13.9. The quantitative estimate of drug-likeness (QED) is 0.287. The number of hydrogen-bond acceptors (Lipinski definition) is 4. The van der Waals surface area contributed by atoms with Crippen LogP contribution >= 0.6 is 35.0 Å². The number of ether oxygens (including phenoxy) is 1. The van der Waals surface area contributed by atoms with Gasteiger partial charge >= 0.3 is 0 Å². The molecule has 0 amide bonds. The van der Waals surface area contributed by atoms with E-state index in [1.165, 1.54) is 17.8 Å². The summed E-state index contributed by atoms with van der Waals surface area (Å²) in [5, 5.41) is 10.2. The van der Waals surface area contributed by atoms with Gasteiger partial charge in [-0.15, -0.1) is 16.8 Å². The van der Waals surface area contributed by atoms with E-state index in [2.05, 4.69) is 16.8 Å². The van der Waals surface area contributed by atoms with Crippen molar-refractivity contribution in [2.45, 2.75) is 30.5 Å². The minimum atomic E-state index is -0.783. The lowest BCUT2D eigenvalue weighted by molar-refractivity contribution is 0.200. The van der Waals surface area contributed by atoms with Gasteiger partial charge in [0.25, 0.3) is 0 Å². The van der Waals surface area contributed by atoms with E-state index >= 15 is 0 Å². The summed E-state index contributed by atoms with van der Waals surface area (Å²) in [7, 11) is 0. The van der Waals surface area contributed by atoms with Crippen LogP contribution in [0.2, 0.25) is 10.0 Å². The van der Waals surface area contributed by atoms with Crippen LogP contribution in [-0.2, 0) is 12.3 Å². The number of hydrogen-bond donors (Lipinski definition) is 0. The average Bonchev–Trinajstić information content (AvgIpc) is 3.07. The summed E-state index contributed by atoms with van der Waals surface area (Å²) in [6.45, 7) is 5.91. The van der Waals surface area contributed by atoms with Crippen molar-refractivity contribution in [1.29, 1.82) is 0 Å². The summed E-state index contributed by atoms with van der Waals surface area (Å²) < 4.78 is 34.5. The van der Waals surface area contributed by atoms with Gasteiger partial charge in [0.05, 0.1) is 0 Å². The minimum absolute atomic E-state index is 0.0656. The van der Waals surface area contributed by atoms with E-state index in [4.69, 9.17) is 27.9 Å². The number of benzene rings is 2. The Morgan fingerprint density at radius 2 is 1.93 bits per heavy atom. The van der Waals surface area contributed by atoms with Gasteiger partial charge in [-0.05, 0) is 36.8 Å². The van der Waals surface area contributed by atoms with Gasteiger partial charge in [0.15, 0.2) is 28.7 Å². The summed E-state index contributed by atoms with van der Waals surface area (Å²) in [5.41, 5.74) is 0.799. The van der Waals surface area contributed by atoms with Crippen molar-refractivity contribution in [2.24, 2.45) is 0 Å². The van der Waals surface area contributed by atoms with Crippen LogP contribution < -0.4 is 4.74 Å². The minimum Gasteiger partial charge on any atom is -0.480 e. The van der Waals surface area contributed by atoms with E-state index in [1.807, 2.05) is 4.57 Å². The predicted octanol–water partition coefficient (Wildman–Crippen LogP) is 6.48. The lowest BCUT2D eigenvalue weighted by Gasteiger charge is -2.16. The highest BCUT2D eigenvalue weighted by Gasteiger charge is 2.21. The monoisotopic (exact) mass is 455 g/mol. The van der Waals surface area contributed by atoms with Crippen molar-refractivity contribution in [1.82, 2.24) is 14.8 Å². The molecule has 0 saturated heterocycles. The first-order valence-electron chi connectivity index (χ1n) is 8.62. The largest absolute Gasteiger partial charge is 0.480 e. The first-order valence-corrected chi connectivity index (χ1v) is 10.4. The van der Waals surface area contributed by atoms with E-state index < -0.39 is 17.7 Å². The molecule has 1 aromatic heterocycles. The lowest BCUT2D eigenvalue weighted by Crippen LogP contribution is -2.13. The third-order valence-electron chi connectivity index (χ3n) is 4.03. The number of thioether (sulfide) groups is 1. The van der Waals surface area contributed by atoms with Crippen molar-refractivity contribution < 1.29 is 13.5 Å². The number of rotatable bonds is 8. The maximum Gasteiger partial charge on any atom is 0.191 e. The summed E-state index contributed by atoms with van der Waals surface area (Å²) in [6, 6.07) is 8.47. The molecule has 29 heavy (non-hydrogen) atoms. The SMILES string of the molecule is C=CCn1c(SCc2c(Cl)cccc2Cl)nnc1C(C)Oc1ccc(F)cc1F. The highest BCUT2D eigenvalue weighted by molar-refractivity contribution is 7.98. The van der Waals surface area contributed by atoms with Crippen LogP contribution in [0.1, 0.15) is 24.4 Å². The van der Waals surface area contributed by atoms with Gasteiger partial charge in [-0.1, -0.05) is 47.1 Å². The fraction of sp³-hybridized carbons (Fsp3) is 0.200. The molecule has 152 valence electrons. The number of halogens is 4. The topological polar surface area (TPSA) is 39.9 Å². The first kappa shape index (κ1) is 21.6. The zero-order valence-electron chi connectivity index (χ0n) is 15.4. The first-order chi connectivity index (χ1) is 13.9. The van der Waals surface area contributed by atoms with Gasteiger partial charge in [-0.25, -0.2) is 8.78 Å². The molecule has 0 N–H and O–H groups in total. The lowest BCUT2D eigenvalue weighted by atomic mass is 10.2. The van der Waals surface area contributed by atoms with Crippen LogP contribution in [0.4, 0.5) is 8.78 Å². The van der Waals surface area contributed by atoms with Crippen molar-refractivity contribution in [3.8, 4) is 5.75 Å². The van der Waals surface area contributed by atoms with Crippen LogP contribution in [0.25, 0.3) is 0 Å². The maximum absolute atomic E-state index is 13.9. The van der Waals surface area contributed by atoms with Crippen molar-refractivity contribution in [2.75, 3.05) is 0 Å². The second-order valence-electron chi connectivity index (χ2n) is 6.06. The van der Waals surface area contributed by atoms with Crippen molar-refractivity contribution in [3.63, 3.8) is 0 Å². The molecule has 1 heterocycles. The van der Waals surface area contributed by atoms with E-state index in [0.717, 1.165) is 17.7 Å². The summed E-state index contributed by atoms with van der Waals surface area (Å²) in [6.07, 6.45) is 1.07. The molecule has 3 rings (SSSR count). The van der Waals surface area contributed by atoms with E-state index in [9.17, 15) is 8.78 Å². The molecule has 0 aliphatic carbocycles. The number of nitrogens with zero attached hydrogens (tertiary/aromatic N) is 3. The third-order valence-corrected chi connectivity index (χ3v) is 5.73. The van der Waals surface area contributed by atoms with Gasteiger partial charge in [0.1, 0.15) is 5.82 Å². The Balaban J connectivity index is 1.81. The van der Waals surface area contributed by atoms with Crippen molar-refractivity contribution >= 4 is 35.0 Å². The molecule has 0 bridgehead atoms. The van der Waals surface area contributed by atoms with Gasteiger partial charge in [-0.3, -0.25) is 4.57 Å². The summed E-state index contributed by atoms with van der Waals surface area (Å²) >= 11 is 13.9. The molecule has 1 atom stereocenters. The van der Waals surface area contributed by atoms with Crippen LogP contribution in [0, 0.1) is 11.6 Å². The van der Waals surface area contributed by atoms with E-state index in [0.29, 0.717) is 33.3 Å². The van der Waals surface area contributed by atoms with Gasteiger partial charge in [0, 0.05) is 28.4 Å². The zero-order chi connectivity index (χ0) is 21.0. The molecule has 0 aliphatic heterocycles.